The first kappa shape index (κ1) is 24.2. The molecule has 1 aliphatic carbocycles. The number of nitrogens with two attached hydrogens (primary N) is 1. The van der Waals surface area contributed by atoms with Crippen LogP contribution in [0.15, 0.2) is 73.2 Å². The van der Waals surface area contributed by atoms with Gasteiger partial charge in [-0.15, -0.1) is 0 Å². The number of pyridine rings is 1. The van der Waals surface area contributed by atoms with Gasteiger partial charge in [0.15, 0.2) is 0 Å². The highest BCUT2D eigenvalue weighted by atomic mass is 16.4. The van der Waals surface area contributed by atoms with Crippen molar-refractivity contribution in [3.63, 3.8) is 0 Å². The van der Waals surface area contributed by atoms with E-state index in [0.717, 1.165) is 44.3 Å². The molecule has 1 amide bonds. The van der Waals surface area contributed by atoms with E-state index in [2.05, 4.69) is 63.2 Å². The summed E-state index contributed by atoms with van der Waals surface area (Å²) in [6.07, 6.45) is 9.04. The number of amides is 1. The molecule has 0 aliphatic heterocycles. The van der Waals surface area contributed by atoms with E-state index in [-0.39, 0.29) is 0 Å². The molecule has 3 heterocycles. The molecular formula is C29H30N6O2. The Hall–Kier alpha value is -4.46. The number of carbonyl (C=O) groups is 1. The van der Waals surface area contributed by atoms with E-state index in [9.17, 15) is 4.79 Å². The summed E-state index contributed by atoms with van der Waals surface area (Å²) in [7, 11) is 1.35. The smallest absolute Gasteiger partial charge is 0.404 e. The first-order valence-electron chi connectivity index (χ1n) is 12.5. The predicted molar refractivity (Wildman–Crippen MR) is 147 cm³/mol. The van der Waals surface area contributed by atoms with Gasteiger partial charge in [0.2, 0.25) is 0 Å². The molecule has 0 spiro atoms. The summed E-state index contributed by atoms with van der Waals surface area (Å²) in [6.45, 7) is 0. The second kappa shape index (κ2) is 10.7. The van der Waals surface area contributed by atoms with E-state index in [0.29, 0.717) is 11.9 Å². The fourth-order valence-corrected chi connectivity index (χ4v) is 5.02. The molecule has 4 N–H and O–H groups in total. The minimum absolute atomic E-state index is 0.470. The van der Waals surface area contributed by atoms with Crippen LogP contribution in [0.2, 0.25) is 0 Å². The maximum atomic E-state index is 9.26. The van der Waals surface area contributed by atoms with Crippen LogP contribution in [-0.2, 0) is 0 Å². The van der Waals surface area contributed by atoms with Gasteiger partial charge in [0, 0.05) is 35.8 Å². The topological polar surface area (TPSA) is 119 Å². The van der Waals surface area contributed by atoms with Crippen molar-refractivity contribution in [2.75, 3.05) is 12.8 Å². The number of benzene rings is 2. The molecule has 5 aromatic rings. The van der Waals surface area contributed by atoms with E-state index in [1.165, 1.54) is 39.2 Å². The molecule has 6 rings (SSSR count). The molecule has 0 atom stereocenters. The van der Waals surface area contributed by atoms with Crippen LogP contribution in [0.4, 0.5) is 10.6 Å². The van der Waals surface area contributed by atoms with Crippen LogP contribution in [0, 0.1) is 0 Å². The molecular weight excluding hydrogens is 464 g/mol. The lowest BCUT2D eigenvalue weighted by Crippen LogP contribution is -2.13. The van der Waals surface area contributed by atoms with Crippen LogP contribution < -0.4 is 11.1 Å². The Morgan fingerprint density at radius 2 is 1.73 bits per heavy atom. The maximum Gasteiger partial charge on any atom is 0.404 e. The molecule has 0 unspecified atom stereocenters. The summed E-state index contributed by atoms with van der Waals surface area (Å²) in [4.78, 5) is 23.2. The van der Waals surface area contributed by atoms with Gasteiger partial charge in [0.05, 0.1) is 16.6 Å². The van der Waals surface area contributed by atoms with Gasteiger partial charge in [-0.3, -0.25) is 0 Å². The number of anilines is 1. The highest BCUT2D eigenvalue weighted by Gasteiger charge is 2.22. The van der Waals surface area contributed by atoms with Crippen molar-refractivity contribution in [2.45, 2.75) is 38.1 Å². The van der Waals surface area contributed by atoms with Gasteiger partial charge in [-0.1, -0.05) is 67.8 Å². The second-order valence-electron chi connectivity index (χ2n) is 9.22. The van der Waals surface area contributed by atoms with E-state index in [1.54, 1.807) is 6.33 Å². The van der Waals surface area contributed by atoms with Gasteiger partial charge in [-0.25, -0.2) is 19.7 Å². The quantitative estimate of drug-likeness (QED) is 0.271. The highest BCUT2D eigenvalue weighted by molar-refractivity contribution is 6.02. The van der Waals surface area contributed by atoms with Gasteiger partial charge < -0.3 is 20.7 Å². The third-order valence-corrected chi connectivity index (χ3v) is 6.89. The third kappa shape index (κ3) is 5.09. The molecule has 1 fully saturated rings. The Kier molecular flexibility index (Phi) is 6.98. The van der Waals surface area contributed by atoms with Crippen molar-refractivity contribution in [2.24, 2.45) is 0 Å². The number of nitrogen functional groups attached to an aromatic ring is 1. The monoisotopic (exact) mass is 494 g/mol. The number of hydrogen-bond donors (Lipinski definition) is 3. The van der Waals surface area contributed by atoms with Crippen LogP contribution in [0.25, 0.3) is 44.3 Å². The molecule has 2 aromatic carbocycles. The van der Waals surface area contributed by atoms with Crippen LogP contribution in [0.5, 0.6) is 0 Å². The molecule has 1 aliphatic rings. The Morgan fingerprint density at radius 3 is 2.46 bits per heavy atom. The second-order valence-corrected chi connectivity index (χ2v) is 9.22. The summed E-state index contributed by atoms with van der Waals surface area (Å²) in [5, 5.41) is 11.6. The average molecular weight is 495 g/mol. The van der Waals surface area contributed by atoms with Gasteiger partial charge in [0.25, 0.3) is 0 Å². The highest BCUT2D eigenvalue weighted by Crippen LogP contribution is 2.38. The molecule has 188 valence electrons. The van der Waals surface area contributed by atoms with Gasteiger partial charge >= 0.3 is 6.09 Å². The lowest BCUT2D eigenvalue weighted by molar-refractivity contribution is 0.197. The average Bonchev–Trinajstić information content (AvgIpc) is 3.35. The number of carboxylic acid groups (broad SMARTS) is 1. The molecule has 0 radical (unpaired) electrons. The number of hydrogen-bond acceptors (Lipinski definition) is 5. The minimum Gasteiger partial charge on any atom is -0.465 e. The van der Waals surface area contributed by atoms with Gasteiger partial charge in [0.1, 0.15) is 17.8 Å². The van der Waals surface area contributed by atoms with Crippen LogP contribution in [0.3, 0.4) is 0 Å². The Balaban J connectivity index is 0.000000514. The largest absolute Gasteiger partial charge is 0.465 e. The summed E-state index contributed by atoms with van der Waals surface area (Å²) < 4.78 is 2.33. The van der Waals surface area contributed by atoms with E-state index < -0.39 is 6.09 Å². The number of nitrogens with zero attached hydrogens (tertiary/aromatic N) is 4. The molecule has 0 saturated heterocycles. The Labute approximate surface area is 215 Å². The van der Waals surface area contributed by atoms with E-state index >= 15 is 0 Å². The third-order valence-electron chi connectivity index (χ3n) is 6.89. The van der Waals surface area contributed by atoms with Crippen molar-refractivity contribution in [1.29, 1.82) is 0 Å². The molecule has 8 heteroatoms. The molecule has 3 aromatic heterocycles. The summed E-state index contributed by atoms with van der Waals surface area (Å²) in [5.74, 6) is 0.533. The summed E-state index contributed by atoms with van der Waals surface area (Å²) in [5.41, 5.74) is 12.5. The van der Waals surface area contributed by atoms with Gasteiger partial charge in [-0.2, -0.15) is 0 Å². The number of nitrogens with one attached hydrogen (secondary N) is 1. The number of rotatable bonds is 3. The Morgan fingerprint density at radius 1 is 1.00 bits per heavy atom. The lowest BCUT2D eigenvalue weighted by Gasteiger charge is -2.23. The number of aromatic nitrogens is 4. The summed E-state index contributed by atoms with van der Waals surface area (Å²) >= 11 is 0. The van der Waals surface area contributed by atoms with Gasteiger partial charge in [-0.05, 0) is 30.5 Å². The zero-order valence-corrected chi connectivity index (χ0v) is 20.8. The van der Waals surface area contributed by atoms with Crippen molar-refractivity contribution in [3.05, 3.63) is 73.2 Å². The van der Waals surface area contributed by atoms with Crippen LogP contribution in [0.1, 0.15) is 38.1 Å². The molecule has 8 nitrogen and oxygen atoms in total. The first-order chi connectivity index (χ1) is 18.0. The predicted octanol–water partition coefficient (Wildman–Crippen LogP) is 6.28. The molecule has 0 bridgehead atoms. The molecule has 1 saturated carbocycles. The van der Waals surface area contributed by atoms with E-state index in [1.807, 2.05) is 23.5 Å². The van der Waals surface area contributed by atoms with E-state index in [4.69, 9.17) is 15.8 Å². The Bertz CT molecular complexity index is 1540. The minimum atomic E-state index is -0.995. The molecule has 37 heavy (non-hydrogen) atoms. The van der Waals surface area contributed by atoms with Crippen LogP contribution >= 0.6 is 0 Å². The standard InChI is InChI=1S/C27H25N5.C2H5NO2/c28-26-25-22(16-32(27(25)30-17-29-26)21-9-5-2-6-10-21)20-12-11-19-13-14-23(31-24(19)15-20)18-7-3-1-4-8-18;1-3-2(4)5/h1,3-4,7-8,11-17,21H,2,5-6,9-10H2,(H2,28,29,30);3H,1H3,(H,4,5). The maximum absolute atomic E-state index is 9.26. The van der Waals surface area contributed by atoms with Crippen molar-refractivity contribution >= 4 is 33.8 Å². The fourth-order valence-electron chi connectivity index (χ4n) is 5.02. The van der Waals surface area contributed by atoms with Crippen LogP contribution in [-0.4, -0.2) is 37.8 Å². The first-order valence-corrected chi connectivity index (χ1v) is 12.5. The van der Waals surface area contributed by atoms with Crippen molar-refractivity contribution in [3.8, 4) is 22.4 Å². The summed E-state index contributed by atoms with van der Waals surface area (Å²) in [6, 6.07) is 21.4. The number of fused-ring (bicyclic) bond motifs is 2. The zero-order chi connectivity index (χ0) is 25.8. The lowest BCUT2D eigenvalue weighted by atomic mass is 9.95. The van der Waals surface area contributed by atoms with Crippen molar-refractivity contribution < 1.29 is 9.90 Å². The zero-order valence-electron chi connectivity index (χ0n) is 20.8. The SMILES string of the molecule is CNC(=O)O.Nc1ncnc2c1c(-c1ccc3ccc(-c4ccccc4)nc3c1)cn2C1CCCCC1. The van der Waals surface area contributed by atoms with Crippen molar-refractivity contribution in [1.82, 2.24) is 24.8 Å². The normalized spacial score (nSPS) is 13.8. The fraction of sp³-hybridized carbons (Fsp3) is 0.241.